The summed E-state index contributed by atoms with van der Waals surface area (Å²) in [6.45, 7) is 6.12. The van der Waals surface area contributed by atoms with Gasteiger partial charge >= 0.3 is 0 Å². The summed E-state index contributed by atoms with van der Waals surface area (Å²) in [6, 6.07) is 0.758. The number of nitrogens with one attached hydrogen (secondary N) is 1. The third-order valence-electron chi connectivity index (χ3n) is 5.10. The Balaban J connectivity index is 1.68. The van der Waals surface area contributed by atoms with Crippen molar-refractivity contribution in [2.24, 2.45) is 17.8 Å². The first-order valence-corrected chi connectivity index (χ1v) is 7.50. The van der Waals surface area contributed by atoms with Gasteiger partial charge in [0.2, 0.25) is 0 Å². The zero-order valence-electron chi connectivity index (χ0n) is 11.2. The molecule has 16 heavy (non-hydrogen) atoms. The number of rotatable bonds is 4. The number of hydrogen-bond acceptors (Lipinski definition) is 1. The molecule has 94 valence electrons. The van der Waals surface area contributed by atoms with Gasteiger partial charge in [-0.25, -0.2) is 0 Å². The highest BCUT2D eigenvalue weighted by Crippen LogP contribution is 2.31. The molecule has 2 aliphatic rings. The average Bonchev–Trinajstić information content (AvgIpc) is 2.73. The van der Waals surface area contributed by atoms with E-state index in [2.05, 4.69) is 19.2 Å². The van der Waals surface area contributed by atoms with E-state index < -0.39 is 0 Å². The molecule has 0 saturated heterocycles. The van der Waals surface area contributed by atoms with Gasteiger partial charge in [0.1, 0.15) is 0 Å². The highest BCUT2D eigenvalue weighted by atomic mass is 14.9. The predicted octanol–water partition coefficient (Wildman–Crippen LogP) is 3.98. The van der Waals surface area contributed by atoms with Crippen LogP contribution < -0.4 is 5.32 Å². The van der Waals surface area contributed by atoms with Crippen LogP contribution in [0.5, 0.6) is 0 Å². The molecule has 0 aromatic rings. The van der Waals surface area contributed by atoms with Crippen LogP contribution in [0.4, 0.5) is 0 Å². The van der Waals surface area contributed by atoms with Gasteiger partial charge in [0.05, 0.1) is 0 Å². The molecular formula is C15H29N. The smallest absolute Gasteiger partial charge is 0.00671 e. The Morgan fingerprint density at radius 2 is 1.75 bits per heavy atom. The number of hydrogen-bond donors (Lipinski definition) is 1. The zero-order chi connectivity index (χ0) is 11.4. The minimum atomic E-state index is 0.758. The minimum absolute atomic E-state index is 0.758. The highest BCUT2D eigenvalue weighted by molar-refractivity contribution is 4.80. The Kier molecular flexibility index (Phi) is 4.69. The van der Waals surface area contributed by atoms with E-state index in [1.54, 1.807) is 0 Å². The van der Waals surface area contributed by atoms with Crippen LogP contribution in [0, 0.1) is 17.8 Å². The lowest BCUT2D eigenvalue weighted by atomic mass is 9.84. The van der Waals surface area contributed by atoms with Crippen LogP contribution in [0.2, 0.25) is 0 Å². The van der Waals surface area contributed by atoms with E-state index in [1.807, 2.05) is 0 Å². The lowest BCUT2D eigenvalue weighted by Crippen LogP contribution is -2.38. The molecule has 0 radical (unpaired) electrons. The maximum atomic E-state index is 3.82. The first-order valence-electron chi connectivity index (χ1n) is 7.50. The molecule has 1 heteroatoms. The van der Waals surface area contributed by atoms with Crippen molar-refractivity contribution in [2.75, 3.05) is 6.54 Å². The third-order valence-corrected chi connectivity index (χ3v) is 5.10. The fourth-order valence-electron chi connectivity index (χ4n) is 3.66. The van der Waals surface area contributed by atoms with Crippen LogP contribution in [0.3, 0.4) is 0 Å². The summed E-state index contributed by atoms with van der Waals surface area (Å²) in [6.07, 6.45) is 11.7. The normalized spacial score (nSPS) is 34.1. The summed E-state index contributed by atoms with van der Waals surface area (Å²) in [5.41, 5.74) is 0. The standard InChI is InChI=1S/C15H29N/c1-12-7-6-10-15(12)11-16-13(2)14-8-4-3-5-9-14/h12-16H,3-11H2,1-2H3. The van der Waals surface area contributed by atoms with Crippen molar-refractivity contribution in [3.63, 3.8) is 0 Å². The van der Waals surface area contributed by atoms with Gasteiger partial charge in [-0.3, -0.25) is 0 Å². The van der Waals surface area contributed by atoms with Crippen LogP contribution in [-0.4, -0.2) is 12.6 Å². The van der Waals surface area contributed by atoms with Gasteiger partial charge in [-0.15, -0.1) is 0 Å². The van der Waals surface area contributed by atoms with Crippen LogP contribution >= 0.6 is 0 Å². The van der Waals surface area contributed by atoms with Crippen molar-refractivity contribution >= 4 is 0 Å². The van der Waals surface area contributed by atoms with Gasteiger partial charge in [0.15, 0.2) is 0 Å². The monoisotopic (exact) mass is 223 g/mol. The first kappa shape index (κ1) is 12.4. The quantitative estimate of drug-likeness (QED) is 0.760. The zero-order valence-corrected chi connectivity index (χ0v) is 11.2. The summed E-state index contributed by atoms with van der Waals surface area (Å²) < 4.78 is 0. The van der Waals surface area contributed by atoms with Gasteiger partial charge < -0.3 is 5.32 Å². The van der Waals surface area contributed by atoms with E-state index in [0.29, 0.717) is 0 Å². The lowest BCUT2D eigenvalue weighted by molar-refractivity contribution is 0.263. The first-order chi connectivity index (χ1) is 7.77. The van der Waals surface area contributed by atoms with E-state index in [-0.39, 0.29) is 0 Å². The van der Waals surface area contributed by atoms with Crippen molar-refractivity contribution in [1.82, 2.24) is 5.32 Å². The molecule has 0 aliphatic heterocycles. The molecule has 1 N–H and O–H groups in total. The van der Waals surface area contributed by atoms with E-state index in [0.717, 1.165) is 23.8 Å². The molecule has 0 aromatic heterocycles. The Bertz CT molecular complexity index is 196. The third kappa shape index (κ3) is 3.23. The second-order valence-corrected chi connectivity index (χ2v) is 6.26. The second-order valence-electron chi connectivity index (χ2n) is 6.26. The van der Waals surface area contributed by atoms with Crippen molar-refractivity contribution in [2.45, 2.75) is 71.3 Å². The Labute approximate surface area is 101 Å². The van der Waals surface area contributed by atoms with Gasteiger partial charge in [0, 0.05) is 6.04 Å². The molecule has 0 heterocycles. The summed E-state index contributed by atoms with van der Waals surface area (Å²) in [5, 5.41) is 3.82. The fraction of sp³-hybridized carbons (Fsp3) is 1.00. The van der Waals surface area contributed by atoms with Crippen molar-refractivity contribution in [1.29, 1.82) is 0 Å². The van der Waals surface area contributed by atoms with Crippen LogP contribution in [0.15, 0.2) is 0 Å². The SMILES string of the molecule is CC1CCCC1CNC(C)C1CCCCC1. The fourth-order valence-corrected chi connectivity index (χ4v) is 3.66. The van der Waals surface area contributed by atoms with Gasteiger partial charge in [-0.05, 0) is 50.5 Å². The molecule has 2 rings (SSSR count). The maximum absolute atomic E-state index is 3.82. The molecule has 0 bridgehead atoms. The molecule has 2 aliphatic carbocycles. The van der Waals surface area contributed by atoms with Crippen LogP contribution in [-0.2, 0) is 0 Å². The van der Waals surface area contributed by atoms with Gasteiger partial charge in [-0.1, -0.05) is 39.0 Å². The van der Waals surface area contributed by atoms with Crippen molar-refractivity contribution in [3.05, 3.63) is 0 Å². The molecule has 0 aromatic carbocycles. The average molecular weight is 223 g/mol. The molecule has 3 atom stereocenters. The molecular weight excluding hydrogens is 194 g/mol. The predicted molar refractivity (Wildman–Crippen MR) is 70.5 cm³/mol. The largest absolute Gasteiger partial charge is 0.314 e. The van der Waals surface area contributed by atoms with E-state index in [4.69, 9.17) is 0 Å². The van der Waals surface area contributed by atoms with Gasteiger partial charge in [0.25, 0.3) is 0 Å². The summed E-state index contributed by atoms with van der Waals surface area (Å²) >= 11 is 0. The van der Waals surface area contributed by atoms with Gasteiger partial charge in [-0.2, -0.15) is 0 Å². The Morgan fingerprint density at radius 3 is 2.38 bits per heavy atom. The van der Waals surface area contributed by atoms with Crippen molar-refractivity contribution in [3.8, 4) is 0 Å². The molecule has 0 amide bonds. The molecule has 2 fully saturated rings. The van der Waals surface area contributed by atoms with E-state index >= 15 is 0 Å². The highest BCUT2D eigenvalue weighted by Gasteiger charge is 2.25. The Morgan fingerprint density at radius 1 is 1.00 bits per heavy atom. The molecule has 1 nitrogen and oxygen atoms in total. The lowest BCUT2D eigenvalue weighted by Gasteiger charge is -2.30. The van der Waals surface area contributed by atoms with Crippen LogP contribution in [0.1, 0.15) is 65.2 Å². The molecule has 3 unspecified atom stereocenters. The maximum Gasteiger partial charge on any atom is 0.00671 e. The summed E-state index contributed by atoms with van der Waals surface area (Å²) in [4.78, 5) is 0. The topological polar surface area (TPSA) is 12.0 Å². The molecule has 2 saturated carbocycles. The Hall–Kier alpha value is -0.0400. The van der Waals surface area contributed by atoms with E-state index in [9.17, 15) is 0 Å². The van der Waals surface area contributed by atoms with Crippen LogP contribution in [0.25, 0.3) is 0 Å². The summed E-state index contributed by atoms with van der Waals surface area (Å²) in [5.74, 6) is 2.89. The minimum Gasteiger partial charge on any atom is -0.314 e. The summed E-state index contributed by atoms with van der Waals surface area (Å²) in [7, 11) is 0. The van der Waals surface area contributed by atoms with E-state index in [1.165, 1.54) is 57.9 Å². The molecule has 0 spiro atoms. The van der Waals surface area contributed by atoms with Crippen molar-refractivity contribution < 1.29 is 0 Å². The second kappa shape index (κ2) is 6.05.